The van der Waals surface area contributed by atoms with E-state index in [1.54, 1.807) is 24.3 Å². The third-order valence-electron chi connectivity index (χ3n) is 5.28. The first-order valence-corrected chi connectivity index (χ1v) is 8.27. The number of benzene rings is 3. The van der Waals surface area contributed by atoms with Crippen LogP contribution in [0.1, 0.15) is 0 Å². The van der Waals surface area contributed by atoms with Crippen molar-refractivity contribution in [2.75, 3.05) is 0 Å². The number of rotatable bonds is 0. The Bertz CT molecular complexity index is 1570. The molecule has 0 unspecified atom stereocenters. The number of pyridine rings is 2. The first-order chi connectivity index (χ1) is 12.7. The van der Waals surface area contributed by atoms with E-state index in [-0.39, 0.29) is 0 Å². The molecule has 3 aromatic heterocycles. The molecular weight excluding hydrogens is 328 g/mol. The summed E-state index contributed by atoms with van der Waals surface area (Å²) in [6.45, 7) is 0. The van der Waals surface area contributed by atoms with Crippen LogP contribution in [-0.2, 0) is 0 Å². The largest absolute Gasteiger partial charge is 0.343 e. The van der Waals surface area contributed by atoms with Crippen molar-refractivity contribution in [2.45, 2.75) is 0 Å². The Kier molecular flexibility index (Phi) is 2.22. The third kappa shape index (κ3) is 1.33. The highest BCUT2D eigenvalue weighted by molar-refractivity contribution is 6.19. The van der Waals surface area contributed by atoms with E-state index in [0.29, 0.717) is 21.8 Å². The molecule has 0 saturated carbocycles. The van der Waals surface area contributed by atoms with E-state index in [1.165, 1.54) is 0 Å². The molecule has 0 fully saturated rings. The van der Waals surface area contributed by atoms with Crippen molar-refractivity contribution in [2.24, 2.45) is 0 Å². The lowest BCUT2D eigenvalue weighted by Gasteiger charge is -2.07. The van der Waals surface area contributed by atoms with Gasteiger partial charge in [-0.15, -0.1) is 0 Å². The maximum atomic E-state index is 13.0. The van der Waals surface area contributed by atoms with Gasteiger partial charge in [0.05, 0.1) is 11.0 Å². The van der Waals surface area contributed by atoms with Gasteiger partial charge < -0.3 is 0 Å². The van der Waals surface area contributed by atoms with Crippen molar-refractivity contribution < 1.29 is 0 Å². The molecule has 0 aliphatic rings. The Morgan fingerprint density at radius 2 is 0.846 bits per heavy atom. The van der Waals surface area contributed by atoms with Crippen LogP contribution in [0.3, 0.4) is 0 Å². The Morgan fingerprint density at radius 3 is 1.27 bits per heavy atom. The van der Waals surface area contributed by atoms with E-state index < -0.39 is 16.8 Å². The quantitative estimate of drug-likeness (QED) is 0.400. The minimum atomic E-state index is -0.604. The van der Waals surface area contributed by atoms with Gasteiger partial charge in [0.15, 0.2) is 0 Å². The topological polar surface area (TPSA) is 60.0 Å². The minimum absolute atomic E-state index is 0.391. The van der Waals surface area contributed by atoms with Gasteiger partial charge in [-0.25, -0.2) is 13.6 Å². The lowest BCUT2D eigenvalue weighted by molar-refractivity contribution is 0.958. The SMILES string of the molecule is O=c1c2ccccc2c2ccc3c4ccccc4c(=O)n4c(=O)n1c2c34. The summed E-state index contributed by atoms with van der Waals surface area (Å²) >= 11 is 0. The number of fused-ring (bicyclic) bond motifs is 4. The Hall–Kier alpha value is -3.73. The van der Waals surface area contributed by atoms with Gasteiger partial charge in [0.25, 0.3) is 11.1 Å². The van der Waals surface area contributed by atoms with Gasteiger partial charge in [-0.3, -0.25) is 9.59 Å². The normalized spacial score (nSPS) is 12.3. The standard InChI is InChI=1S/C21H10N2O3/c24-19-15-7-3-1-5-11(15)13-9-10-14-12-6-2-4-8-16(12)20(25)23-18(14)17(13)22(19)21(23)26/h1-10H. The molecule has 0 aliphatic carbocycles. The highest BCUT2D eigenvalue weighted by Gasteiger charge is 2.22. The first kappa shape index (κ1) is 13.5. The predicted octanol–water partition coefficient (Wildman–Crippen LogP) is 2.61. The summed E-state index contributed by atoms with van der Waals surface area (Å²) in [7, 11) is 0. The number of hydrogen-bond acceptors (Lipinski definition) is 3. The molecule has 122 valence electrons. The molecule has 0 bridgehead atoms. The molecule has 0 saturated heterocycles. The van der Waals surface area contributed by atoms with Crippen molar-refractivity contribution in [3.05, 3.63) is 91.9 Å². The number of nitrogens with zero attached hydrogens (tertiary/aromatic N) is 2. The van der Waals surface area contributed by atoms with Crippen molar-refractivity contribution in [1.82, 2.24) is 8.80 Å². The summed E-state index contributed by atoms with van der Waals surface area (Å²) in [4.78, 5) is 39.0. The number of hydrogen-bond donors (Lipinski definition) is 0. The van der Waals surface area contributed by atoms with E-state index in [4.69, 9.17) is 0 Å². The first-order valence-electron chi connectivity index (χ1n) is 8.27. The van der Waals surface area contributed by atoms with Crippen LogP contribution in [-0.4, -0.2) is 8.80 Å². The van der Waals surface area contributed by atoms with Crippen LogP contribution in [0.15, 0.2) is 75.0 Å². The van der Waals surface area contributed by atoms with E-state index in [2.05, 4.69) is 0 Å². The smallest absolute Gasteiger partial charge is 0.268 e. The van der Waals surface area contributed by atoms with E-state index >= 15 is 0 Å². The van der Waals surface area contributed by atoms with Gasteiger partial charge in [0, 0.05) is 21.5 Å². The summed E-state index contributed by atoms with van der Waals surface area (Å²) in [5.41, 5.74) is -0.360. The zero-order valence-electron chi connectivity index (χ0n) is 13.4. The molecular formula is C21H10N2O3. The Morgan fingerprint density at radius 1 is 0.462 bits per heavy atom. The second kappa shape index (κ2) is 4.26. The maximum Gasteiger partial charge on any atom is 0.343 e. The highest BCUT2D eigenvalue weighted by atomic mass is 16.2. The lowest BCUT2D eigenvalue weighted by Crippen LogP contribution is -2.30. The number of imidazole rings is 1. The fraction of sp³-hybridized carbons (Fsp3) is 0. The van der Waals surface area contributed by atoms with Crippen LogP contribution in [0.5, 0.6) is 0 Å². The maximum absolute atomic E-state index is 13.0. The average molecular weight is 338 g/mol. The lowest BCUT2D eigenvalue weighted by atomic mass is 10.0. The van der Waals surface area contributed by atoms with Crippen molar-refractivity contribution in [3.63, 3.8) is 0 Å². The average Bonchev–Trinajstić information content (AvgIpc) is 2.99. The molecule has 0 radical (unpaired) electrons. The molecule has 26 heavy (non-hydrogen) atoms. The fourth-order valence-electron chi connectivity index (χ4n) is 4.19. The highest BCUT2D eigenvalue weighted by Crippen LogP contribution is 2.31. The molecule has 0 N–H and O–H groups in total. The molecule has 3 aromatic carbocycles. The zero-order chi connectivity index (χ0) is 17.6. The van der Waals surface area contributed by atoms with Crippen LogP contribution in [0.4, 0.5) is 0 Å². The third-order valence-corrected chi connectivity index (χ3v) is 5.28. The van der Waals surface area contributed by atoms with Gasteiger partial charge in [-0.2, -0.15) is 0 Å². The summed E-state index contributed by atoms with van der Waals surface area (Å²) in [5.74, 6) is 0. The molecule has 6 aromatic rings. The van der Waals surface area contributed by atoms with Gasteiger partial charge in [-0.05, 0) is 22.9 Å². The monoisotopic (exact) mass is 338 g/mol. The molecule has 6 rings (SSSR count). The summed E-state index contributed by atoms with van der Waals surface area (Å²) in [6.07, 6.45) is 0. The van der Waals surface area contributed by atoms with Crippen LogP contribution in [0.2, 0.25) is 0 Å². The van der Waals surface area contributed by atoms with Crippen LogP contribution in [0, 0.1) is 0 Å². The zero-order valence-corrected chi connectivity index (χ0v) is 13.4. The molecule has 0 spiro atoms. The summed E-state index contributed by atoms with van der Waals surface area (Å²) in [6, 6.07) is 18.3. The van der Waals surface area contributed by atoms with Gasteiger partial charge >= 0.3 is 5.69 Å². The van der Waals surface area contributed by atoms with Crippen LogP contribution in [0.25, 0.3) is 43.4 Å². The van der Waals surface area contributed by atoms with Gasteiger partial charge in [0.1, 0.15) is 0 Å². The molecule has 5 nitrogen and oxygen atoms in total. The predicted molar refractivity (Wildman–Crippen MR) is 102 cm³/mol. The van der Waals surface area contributed by atoms with Crippen LogP contribution < -0.4 is 16.8 Å². The molecule has 3 heterocycles. The second-order valence-electron chi connectivity index (χ2n) is 6.51. The van der Waals surface area contributed by atoms with Gasteiger partial charge in [0.2, 0.25) is 0 Å². The Balaban J connectivity index is 2.16. The van der Waals surface area contributed by atoms with Gasteiger partial charge in [-0.1, -0.05) is 48.5 Å². The van der Waals surface area contributed by atoms with E-state index in [1.807, 2.05) is 36.4 Å². The molecule has 0 amide bonds. The molecule has 5 heteroatoms. The van der Waals surface area contributed by atoms with Crippen molar-refractivity contribution in [3.8, 4) is 0 Å². The van der Waals surface area contributed by atoms with Crippen LogP contribution >= 0.6 is 0 Å². The van der Waals surface area contributed by atoms with Crippen molar-refractivity contribution in [1.29, 1.82) is 0 Å². The molecule has 0 aliphatic heterocycles. The van der Waals surface area contributed by atoms with E-state index in [0.717, 1.165) is 30.3 Å². The number of aromatic nitrogens is 2. The summed E-state index contributed by atoms with van der Waals surface area (Å²) < 4.78 is 2.28. The summed E-state index contributed by atoms with van der Waals surface area (Å²) in [5, 5.41) is 4.10. The van der Waals surface area contributed by atoms with Crippen molar-refractivity contribution >= 4 is 43.4 Å². The second-order valence-corrected chi connectivity index (χ2v) is 6.51. The molecule has 0 atom stereocenters. The minimum Gasteiger partial charge on any atom is -0.268 e. The fourth-order valence-corrected chi connectivity index (χ4v) is 4.19. The van der Waals surface area contributed by atoms with E-state index in [9.17, 15) is 14.4 Å². The Labute approximate surface area is 144 Å².